The number of fused-ring (bicyclic) bond motifs is 4. The predicted octanol–water partition coefficient (Wildman–Crippen LogP) is 14.4. The second kappa shape index (κ2) is 13.2. The van der Waals surface area contributed by atoms with E-state index in [1.54, 1.807) is 0 Å². The molecule has 0 N–H and O–H groups in total. The molecular weight excluding hydrogens is 627 g/mol. The second-order valence-electron chi connectivity index (χ2n) is 13.9. The van der Waals surface area contributed by atoms with Crippen LogP contribution in [0.25, 0.3) is 55.3 Å². The van der Waals surface area contributed by atoms with Gasteiger partial charge < -0.3 is 4.90 Å². The maximum absolute atomic E-state index is 2.50. The van der Waals surface area contributed by atoms with Crippen molar-refractivity contribution in [3.8, 4) is 44.5 Å². The Hall–Kier alpha value is -6.18. The summed E-state index contributed by atoms with van der Waals surface area (Å²) < 4.78 is 0. The zero-order valence-electron chi connectivity index (χ0n) is 29.8. The van der Waals surface area contributed by atoms with Crippen LogP contribution >= 0.6 is 0 Å². The van der Waals surface area contributed by atoms with Crippen LogP contribution in [0.5, 0.6) is 0 Å². The molecule has 0 saturated heterocycles. The van der Waals surface area contributed by atoms with E-state index in [4.69, 9.17) is 0 Å². The van der Waals surface area contributed by atoms with E-state index >= 15 is 0 Å². The van der Waals surface area contributed by atoms with Gasteiger partial charge in [0.2, 0.25) is 0 Å². The lowest BCUT2D eigenvalue weighted by atomic mass is 9.73. The molecule has 0 atom stereocenters. The van der Waals surface area contributed by atoms with Crippen molar-refractivity contribution in [3.05, 3.63) is 199 Å². The molecule has 0 bridgehead atoms. The van der Waals surface area contributed by atoms with Gasteiger partial charge in [0.25, 0.3) is 0 Å². The molecule has 9 rings (SSSR count). The zero-order chi connectivity index (χ0) is 35.1. The monoisotopic (exact) mass is 667 g/mol. The van der Waals surface area contributed by atoms with Gasteiger partial charge in [-0.1, -0.05) is 166 Å². The van der Waals surface area contributed by atoms with Crippen molar-refractivity contribution < 1.29 is 0 Å². The highest BCUT2D eigenvalue weighted by Gasteiger charge is 2.43. The molecule has 0 spiro atoms. The molecule has 250 valence electrons. The Morgan fingerprint density at radius 3 is 1.58 bits per heavy atom. The van der Waals surface area contributed by atoms with E-state index in [9.17, 15) is 0 Å². The Morgan fingerprint density at radius 1 is 0.404 bits per heavy atom. The van der Waals surface area contributed by atoms with Crippen molar-refractivity contribution in [2.45, 2.75) is 32.1 Å². The van der Waals surface area contributed by atoms with E-state index in [1.807, 2.05) is 0 Å². The van der Waals surface area contributed by atoms with Crippen molar-refractivity contribution in [3.63, 3.8) is 0 Å². The third-order valence-electron chi connectivity index (χ3n) is 11.3. The van der Waals surface area contributed by atoms with Gasteiger partial charge >= 0.3 is 0 Å². The summed E-state index contributed by atoms with van der Waals surface area (Å²) in [7, 11) is 0. The van der Waals surface area contributed by atoms with Crippen molar-refractivity contribution in [1.29, 1.82) is 0 Å². The van der Waals surface area contributed by atoms with Crippen LogP contribution in [0.1, 0.15) is 37.8 Å². The molecule has 1 aliphatic carbocycles. The summed E-state index contributed by atoms with van der Waals surface area (Å²) in [5.41, 5.74) is 16.4. The van der Waals surface area contributed by atoms with Gasteiger partial charge in [0.05, 0.1) is 5.69 Å². The van der Waals surface area contributed by atoms with Gasteiger partial charge in [0, 0.05) is 27.7 Å². The topological polar surface area (TPSA) is 3.24 Å². The molecule has 0 aromatic heterocycles. The van der Waals surface area contributed by atoms with E-state index < -0.39 is 0 Å². The predicted molar refractivity (Wildman–Crippen MR) is 222 cm³/mol. The molecule has 8 aromatic rings. The minimum absolute atomic E-state index is 0.0956. The first-order chi connectivity index (χ1) is 25.7. The molecule has 0 radical (unpaired) electrons. The minimum Gasteiger partial charge on any atom is -0.309 e. The molecule has 8 aromatic carbocycles. The normalized spacial score (nSPS) is 12.7. The third kappa shape index (κ3) is 5.16. The summed E-state index contributed by atoms with van der Waals surface area (Å²) in [5, 5.41) is 2.53. The first-order valence-electron chi connectivity index (χ1n) is 18.6. The van der Waals surface area contributed by atoms with E-state index in [0.29, 0.717) is 0 Å². The van der Waals surface area contributed by atoms with Crippen LogP contribution < -0.4 is 4.90 Å². The SMILES string of the molecule is CCC1(CC)c2cc(-c3ccccc3)ccc2-c2c1cc1ccccc1c2N(c1ccccc1)c1ccc(-c2ccccc2-c2ccccc2)cc1. The van der Waals surface area contributed by atoms with Gasteiger partial charge in [-0.05, 0) is 105 Å². The molecule has 1 nitrogen and oxygen atoms in total. The number of benzene rings is 8. The summed E-state index contributed by atoms with van der Waals surface area (Å²) >= 11 is 0. The van der Waals surface area contributed by atoms with E-state index in [-0.39, 0.29) is 5.41 Å². The highest BCUT2D eigenvalue weighted by Crippen LogP contribution is 2.59. The average molecular weight is 668 g/mol. The van der Waals surface area contributed by atoms with Crippen LogP contribution in [-0.2, 0) is 5.41 Å². The molecule has 0 heterocycles. The van der Waals surface area contributed by atoms with Gasteiger partial charge in [0.1, 0.15) is 0 Å². The highest BCUT2D eigenvalue weighted by atomic mass is 15.1. The van der Waals surface area contributed by atoms with Crippen molar-refractivity contribution in [2.75, 3.05) is 4.90 Å². The van der Waals surface area contributed by atoms with E-state index in [0.717, 1.165) is 24.2 Å². The Labute approximate surface area is 307 Å². The molecule has 0 fully saturated rings. The molecule has 0 aliphatic heterocycles. The molecule has 1 aliphatic rings. The highest BCUT2D eigenvalue weighted by molar-refractivity contribution is 6.10. The lowest BCUT2D eigenvalue weighted by Gasteiger charge is -2.32. The van der Waals surface area contributed by atoms with Crippen molar-refractivity contribution in [1.82, 2.24) is 0 Å². The summed E-state index contributed by atoms with van der Waals surface area (Å²) in [6.45, 7) is 4.74. The van der Waals surface area contributed by atoms with Gasteiger partial charge in [-0.15, -0.1) is 0 Å². The number of hydrogen-bond acceptors (Lipinski definition) is 1. The van der Waals surface area contributed by atoms with Crippen LogP contribution in [0.4, 0.5) is 17.1 Å². The molecule has 0 saturated carbocycles. The van der Waals surface area contributed by atoms with Crippen LogP contribution in [0.3, 0.4) is 0 Å². The van der Waals surface area contributed by atoms with Crippen molar-refractivity contribution >= 4 is 27.8 Å². The summed E-state index contributed by atoms with van der Waals surface area (Å²) in [6, 6.07) is 69.0. The number of anilines is 3. The first kappa shape index (κ1) is 31.8. The molecule has 0 unspecified atom stereocenters. The maximum Gasteiger partial charge on any atom is 0.0621 e. The van der Waals surface area contributed by atoms with E-state index in [2.05, 4.69) is 207 Å². The Morgan fingerprint density at radius 2 is 0.923 bits per heavy atom. The summed E-state index contributed by atoms with van der Waals surface area (Å²) in [4.78, 5) is 2.50. The van der Waals surface area contributed by atoms with Crippen LogP contribution in [-0.4, -0.2) is 0 Å². The lowest BCUT2D eigenvalue weighted by molar-refractivity contribution is 0.491. The zero-order valence-corrected chi connectivity index (χ0v) is 29.8. The smallest absolute Gasteiger partial charge is 0.0621 e. The quantitative estimate of drug-likeness (QED) is 0.156. The van der Waals surface area contributed by atoms with Crippen LogP contribution in [0, 0.1) is 0 Å². The molecule has 1 heteroatoms. The van der Waals surface area contributed by atoms with Gasteiger partial charge in [0.15, 0.2) is 0 Å². The van der Waals surface area contributed by atoms with Crippen LogP contribution in [0.2, 0.25) is 0 Å². The maximum atomic E-state index is 2.50. The second-order valence-corrected chi connectivity index (χ2v) is 13.9. The van der Waals surface area contributed by atoms with Crippen LogP contribution in [0.15, 0.2) is 188 Å². The fourth-order valence-electron chi connectivity index (χ4n) is 8.71. The molecule has 0 amide bonds. The Balaban J connectivity index is 1.28. The van der Waals surface area contributed by atoms with E-state index in [1.165, 1.54) is 72.1 Å². The molecular formula is C51H41N. The van der Waals surface area contributed by atoms with Gasteiger partial charge in [-0.2, -0.15) is 0 Å². The average Bonchev–Trinajstić information content (AvgIpc) is 3.50. The standard InChI is InChI=1S/C51H41N/c1-3-51(4-2)47-34-39(36-18-8-5-9-19-36)30-33-46(47)49-48(51)35-40-22-14-15-27-45(40)50(49)52(41-23-12-7-13-24-41)42-31-28-38(29-32-42)44-26-17-16-25-43(44)37-20-10-6-11-21-37/h5-35H,3-4H2,1-2H3. The van der Waals surface area contributed by atoms with Crippen molar-refractivity contribution in [2.24, 2.45) is 0 Å². The minimum atomic E-state index is -0.0956. The number of hydrogen-bond donors (Lipinski definition) is 0. The summed E-state index contributed by atoms with van der Waals surface area (Å²) in [6.07, 6.45) is 2.06. The molecule has 52 heavy (non-hydrogen) atoms. The third-order valence-corrected chi connectivity index (χ3v) is 11.3. The largest absolute Gasteiger partial charge is 0.309 e. The number of para-hydroxylation sites is 1. The Bertz CT molecular complexity index is 2510. The fourth-order valence-corrected chi connectivity index (χ4v) is 8.71. The first-order valence-corrected chi connectivity index (χ1v) is 18.6. The van der Waals surface area contributed by atoms with Gasteiger partial charge in [-0.25, -0.2) is 0 Å². The lowest BCUT2D eigenvalue weighted by Crippen LogP contribution is -2.23. The van der Waals surface area contributed by atoms with Gasteiger partial charge in [-0.3, -0.25) is 0 Å². The Kier molecular flexibility index (Phi) is 8.05. The fraction of sp³-hybridized carbons (Fsp3) is 0.0980. The number of nitrogens with zero attached hydrogens (tertiary/aromatic N) is 1. The summed E-state index contributed by atoms with van der Waals surface area (Å²) in [5.74, 6) is 0. The number of rotatable bonds is 8.